The van der Waals surface area contributed by atoms with Crippen LogP contribution in [0.3, 0.4) is 0 Å². The summed E-state index contributed by atoms with van der Waals surface area (Å²) in [4.78, 5) is 16.0. The number of aryl methyl sites for hydroxylation is 1. The Labute approximate surface area is 152 Å². The first kappa shape index (κ1) is 18.4. The van der Waals surface area contributed by atoms with Gasteiger partial charge in [-0.05, 0) is 26.2 Å². The highest BCUT2D eigenvalue weighted by Gasteiger charge is 2.29. The maximum Gasteiger partial charge on any atom is 0.513 e. The fourth-order valence-corrected chi connectivity index (χ4v) is 3.48. The molecule has 0 spiro atoms. The number of carbonyl (C=O) groups is 1. The van der Waals surface area contributed by atoms with Crippen molar-refractivity contribution < 1.29 is 19.4 Å². The zero-order chi connectivity index (χ0) is 18.6. The summed E-state index contributed by atoms with van der Waals surface area (Å²) in [6, 6.07) is 0. The van der Waals surface area contributed by atoms with Gasteiger partial charge in [0.15, 0.2) is 11.6 Å². The molecule has 0 unspecified atom stereocenters. The molecule has 26 heavy (non-hydrogen) atoms. The minimum absolute atomic E-state index is 0.249. The first-order valence-electron chi connectivity index (χ1n) is 9.22. The molecule has 1 aliphatic rings. The van der Waals surface area contributed by atoms with Crippen molar-refractivity contribution in [1.29, 1.82) is 0 Å². The molecule has 2 aromatic heterocycles. The monoisotopic (exact) mass is 362 g/mol. The van der Waals surface area contributed by atoms with E-state index in [0.29, 0.717) is 24.5 Å². The molecule has 2 N–H and O–H groups in total. The predicted octanol–water partition coefficient (Wildman–Crippen LogP) is 2.93. The van der Waals surface area contributed by atoms with Crippen molar-refractivity contribution in [2.75, 3.05) is 18.5 Å². The van der Waals surface area contributed by atoms with Crippen molar-refractivity contribution in [3.05, 3.63) is 18.1 Å². The highest BCUT2D eigenvalue weighted by atomic mass is 16.7. The summed E-state index contributed by atoms with van der Waals surface area (Å²) < 4.78 is 11.8. The van der Waals surface area contributed by atoms with Crippen LogP contribution in [0, 0.1) is 0 Å². The molecule has 0 saturated heterocycles. The van der Waals surface area contributed by atoms with E-state index < -0.39 is 11.8 Å². The molecule has 0 aliphatic heterocycles. The van der Waals surface area contributed by atoms with Crippen LogP contribution in [0.5, 0.6) is 5.75 Å². The fourth-order valence-electron chi connectivity index (χ4n) is 3.48. The maximum absolute atomic E-state index is 11.7. The third kappa shape index (κ3) is 3.90. The molecule has 0 atom stereocenters. The molecule has 1 fully saturated rings. The second-order valence-electron chi connectivity index (χ2n) is 6.65. The molecule has 0 radical (unpaired) electrons. The lowest BCUT2D eigenvalue weighted by molar-refractivity contribution is 0.0167. The fraction of sp³-hybridized carbons (Fsp3) is 0.611. The predicted molar refractivity (Wildman–Crippen MR) is 96.5 cm³/mol. The minimum atomic E-state index is -0.739. The van der Waals surface area contributed by atoms with E-state index in [-0.39, 0.29) is 6.61 Å². The van der Waals surface area contributed by atoms with Crippen molar-refractivity contribution >= 4 is 17.5 Å². The van der Waals surface area contributed by atoms with Crippen LogP contribution >= 0.6 is 0 Å². The number of nitrogens with one attached hydrogen (secondary N) is 1. The van der Waals surface area contributed by atoms with E-state index in [9.17, 15) is 9.90 Å². The first-order chi connectivity index (χ1) is 12.6. The summed E-state index contributed by atoms with van der Waals surface area (Å²) in [5, 5.41) is 18.2. The number of aromatic nitrogens is 3. The maximum atomic E-state index is 11.7. The van der Waals surface area contributed by atoms with E-state index in [2.05, 4.69) is 15.4 Å². The van der Waals surface area contributed by atoms with Gasteiger partial charge in [-0.1, -0.05) is 26.2 Å². The Morgan fingerprint density at radius 2 is 2.12 bits per heavy atom. The summed E-state index contributed by atoms with van der Waals surface area (Å²) in [7, 11) is 0. The van der Waals surface area contributed by atoms with E-state index in [1.54, 1.807) is 17.6 Å². The summed E-state index contributed by atoms with van der Waals surface area (Å²) in [5.74, 6) is 1.03. The highest BCUT2D eigenvalue weighted by molar-refractivity contribution is 5.77. The standard InChI is InChI=1S/C18H26N4O4/c1-3-13-14(26-17(23)25-4-2)10-22-15(13)16(20-12-21-22)19-11-18(24)8-6-5-7-9-18/h10,12,24H,3-9,11H2,1-2H3,(H,19,20,21). The Morgan fingerprint density at radius 3 is 2.81 bits per heavy atom. The average molecular weight is 362 g/mol. The van der Waals surface area contributed by atoms with Crippen LogP contribution in [-0.4, -0.2) is 44.6 Å². The van der Waals surface area contributed by atoms with Crippen LogP contribution < -0.4 is 10.1 Å². The molecular formula is C18H26N4O4. The second kappa shape index (κ2) is 7.90. The van der Waals surface area contributed by atoms with Crippen LogP contribution in [0.25, 0.3) is 5.52 Å². The van der Waals surface area contributed by atoms with Gasteiger partial charge in [-0.15, -0.1) is 0 Å². The topological polar surface area (TPSA) is 98.0 Å². The van der Waals surface area contributed by atoms with E-state index in [4.69, 9.17) is 9.47 Å². The number of fused-ring (bicyclic) bond motifs is 1. The van der Waals surface area contributed by atoms with Crippen molar-refractivity contribution in [2.24, 2.45) is 0 Å². The normalized spacial score (nSPS) is 16.4. The van der Waals surface area contributed by atoms with Crippen molar-refractivity contribution in [3.8, 4) is 5.75 Å². The highest BCUT2D eigenvalue weighted by Crippen LogP contribution is 2.32. The summed E-state index contributed by atoms with van der Waals surface area (Å²) in [6.45, 7) is 4.38. The largest absolute Gasteiger partial charge is 0.513 e. The van der Waals surface area contributed by atoms with Gasteiger partial charge in [0.25, 0.3) is 0 Å². The molecule has 1 saturated carbocycles. The lowest BCUT2D eigenvalue weighted by Gasteiger charge is -2.32. The number of ether oxygens (including phenoxy) is 2. The molecule has 1 aliphatic carbocycles. The van der Waals surface area contributed by atoms with Crippen LogP contribution in [0.4, 0.5) is 10.6 Å². The summed E-state index contributed by atoms with van der Waals surface area (Å²) in [5.41, 5.74) is 0.856. The zero-order valence-electron chi connectivity index (χ0n) is 15.3. The van der Waals surface area contributed by atoms with Gasteiger partial charge in [-0.3, -0.25) is 0 Å². The molecule has 0 bridgehead atoms. The molecule has 0 amide bonds. The molecule has 0 aromatic carbocycles. The number of aliphatic hydroxyl groups is 1. The molecule has 2 aromatic rings. The lowest BCUT2D eigenvalue weighted by atomic mass is 9.85. The van der Waals surface area contributed by atoms with Gasteiger partial charge in [0, 0.05) is 12.1 Å². The van der Waals surface area contributed by atoms with E-state index >= 15 is 0 Å². The van der Waals surface area contributed by atoms with Gasteiger partial charge in [0.05, 0.1) is 18.4 Å². The van der Waals surface area contributed by atoms with Crippen LogP contribution in [0.2, 0.25) is 0 Å². The number of carbonyl (C=O) groups excluding carboxylic acids is 1. The van der Waals surface area contributed by atoms with Gasteiger partial charge < -0.3 is 19.9 Å². The van der Waals surface area contributed by atoms with Crippen LogP contribution in [-0.2, 0) is 11.2 Å². The number of nitrogens with zero attached hydrogens (tertiary/aromatic N) is 3. The number of hydrogen-bond donors (Lipinski definition) is 2. The second-order valence-corrected chi connectivity index (χ2v) is 6.65. The summed E-state index contributed by atoms with van der Waals surface area (Å²) >= 11 is 0. The molecular weight excluding hydrogens is 336 g/mol. The summed E-state index contributed by atoms with van der Waals surface area (Å²) in [6.07, 6.45) is 7.82. The van der Waals surface area contributed by atoms with Crippen LogP contribution in [0.15, 0.2) is 12.5 Å². The van der Waals surface area contributed by atoms with Gasteiger partial charge in [0.1, 0.15) is 11.8 Å². The molecule has 8 heteroatoms. The number of hydrogen-bond acceptors (Lipinski definition) is 7. The molecule has 142 valence electrons. The van der Waals surface area contributed by atoms with E-state index in [1.807, 2.05) is 6.92 Å². The number of rotatable bonds is 6. The van der Waals surface area contributed by atoms with E-state index in [0.717, 1.165) is 36.8 Å². The zero-order valence-corrected chi connectivity index (χ0v) is 15.3. The van der Waals surface area contributed by atoms with E-state index in [1.165, 1.54) is 12.7 Å². The van der Waals surface area contributed by atoms with Crippen LogP contribution in [0.1, 0.15) is 51.5 Å². The van der Waals surface area contributed by atoms with Gasteiger partial charge in [-0.25, -0.2) is 14.3 Å². The van der Waals surface area contributed by atoms with Gasteiger partial charge >= 0.3 is 6.16 Å². The van der Waals surface area contributed by atoms with Gasteiger partial charge in [-0.2, -0.15) is 5.10 Å². The van der Waals surface area contributed by atoms with Crippen molar-refractivity contribution in [2.45, 2.75) is 58.0 Å². The average Bonchev–Trinajstić information content (AvgIpc) is 2.98. The molecule has 3 rings (SSSR count). The Hall–Kier alpha value is -2.35. The van der Waals surface area contributed by atoms with Gasteiger partial charge in [0.2, 0.25) is 0 Å². The first-order valence-corrected chi connectivity index (χ1v) is 9.22. The Balaban J connectivity index is 1.86. The van der Waals surface area contributed by atoms with Crippen molar-refractivity contribution in [1.82, 2.24) is 14.6 Å². The van der Waals surface area contributed by atoms with Crippen molar-refractivity contribution in [3.63, 3.8) is 0 Å². The Morgan fingerprint density at radius 1 is 1.35 bits per heavy atom. The third-order valence-electron chi connectivity index (χ3n) is 4.82. The third-order valence-corrected chi connectivity index (χ3v) is 4.82. The SMILES string of the molecule is CCOC(=O)Oc1cn2ncnc(NCC3(O)CCCCC3)c2c1CC. The molecule has 2 heterocycles. The Kier molecular flexibility index (Phi) is 5.61. The Bertz CT molecular complexity index is 768. The minimum Gasteiger partial charge on any atom is -0.434 e. The molecule has 8 nitrogen and oxygen atoms in total. The smallest absolute Gasteiger partial charge is 0.434 e. The quantitative estimate of drug-likeness (QED) is 0.762. The number of anilines is 1. The lowest BCUT2D eigenvalue weighted by Crippen LogP contribution is -2.39.